The van der Waals surface area contributed by atoms with Gasteiger partial charge in [0.1, 0.15) is 12.4 Å². The normalized spacial score (nSPS) is 22.7. The summed E-state index contributed by atoms with van der Waals surface area (Å²) in [5.41, 5.74) is 0. The van der Waals surface area contributed by atoms with Crippen LogP contribution in [-0.4, -0.2) is 26.7 Å². The Morgan fingerprint density at radius 1 is 1.50 bits per heavy atom. The number of nitrogens with zero attached hydrogens (tertiary/aromatic N) is 2. The largest absolute Gasteiger partial charge is 0.352 e. The van der Waals surface area contributed by atoms with Crippen molar-refractivity contribution < 1.29 is 4.79 Å². The van der Waals surface area contributed by atoms with E-state index >= 15 is 0 Å². The Kier molecular flexibility index (Phi) is 5.34. The van der Waals surface area contributed by atoms with E-state index in [0.29, 0.717) is 16.7 Å². The molecule has 2 N–H and O–H groups in total. The molecule has 1 saturated carbocycles. The van der Waals surface area contributed by atoms with Crippen LogP contribution < -0.4 is 5.32 Å². The molecule has 1 aliphatic carbocycles. The molecule has 0 aliphatic heterocycles. The maximum atomic E-state index is 12.2. The first-order valence-corrected chi connectivity index (χ1v) is 7.96. The fourth-order valence-corrected chi connectivity index (χ4v) is 3.07. The SMILES string of the molecule is CCCc1n[nH]c(=S)n1CC(=O)NC1CCCCC1C. The second-order valence-corrected chi connectivity index (χ2v) is 6.10. The molecule has 1 aromatic rings. The summed E-state index contributed by atoms with van der Waals surface area (Å²) < 4.78 is 2.34. The number of hydrogen-bond donors (Lipinski definition) is 2. The van der Waals surface area contributed by atoms with Gasteiger partial charge in [0.2, 0.25) is 5.91 Å². The van der Waals surface area contributed by atoms with Crippen LogP contribution in [-0.2, 0) is 17.8 Å². The maximum absolute atomic E-state index is 12.2. The molecule has 20 heavy (non-hydrogen) atoms. The summed E-state index contributed by atoms with van der Waals surface area (Å²) in [6.07, 6.45) is 6.60. The number of aromatic nitrogens is 3. The number of carbonyl (C=O) groups excluding carboxylic acids is 1. The lowest BCUT2D eigenvalue weighted by Gasteiger charge is -2.29. The lowest BCUT2D eigenvalue weighted by molar-refractivity contribution is -0.123. The summed E-state index contributed by atoms with van der Waals surface area (Å²) >= 11 is 5.20. The van der Waals surface area contributed by atoms with Crippen LogP contribution in [0.5, 0.6) is 0 Å². The first-order chi connectivity index (χ1) is 9.61. The standard InChI is InChI=1S/C14H24N4OS/c1-3-6-12-16-17-14(20)18(12)9-13(19)15-11-8-5-4-7-10(11)2/h10-11H,3-9H2,1-2H3,(H,15,19)(H,17,20). The van der Waals surface area contributed by atoms with Crippen LogP contribution in [0.15, 0.2) is 0 Å². The smallest absolute Gasteiger partial charge is 0.240 e. The zero-order valence-corrected chi connectivity index (χ0v) is 13.1. The van der Waals surface area contributed by atoms with Crippen molar-refractivity contribution in [1.29, 1.82) is 0 Å². The van der Waals surface area contributed by atoms with Crippen molar-refractivity contribution in [2.45, 2.75) is 65.0 Å². The van der Waals surface area contributed by atoms with Crippen LogP contribution in [0.25, 0.3) is 0 Å². The minimum Gasteiger partial charge on any atom is -0.352 e. The summed E-state index contributed by atoms with van der Waals surface area (Å²) in [6, 6.07) is 0.312. The van der Waals surface area contributed by atoms with Gasteiger partial charge in [0.15, 0.2) is 4.77 Å². The average molecular weight is 296 g/mol. The summed E-state index contributed by atoms with van der Waals surface area (Å²) in [4.78, 5) is 12.2. The van der Waals surface area contributed by atoms with E-state index in [9.17, 15) is 4.79 Å². The summed E-state index contributed by atoms with van der Waals surface area (Å²) in [6.45, 7) is 4.58. The molecule has 6 heteroatoms. The van der Waals surface area contributed by atoms with E-state index in [1.165, 1.54) is 19.3 Å². The molecule has 5 nitrogen and oxygen atoms in total. The van der Waals surface area contributed by atoms with Gasteiger partial charge in [-0.3, -0.25) is 14.5 Å². The lowest BCUT2D eigenvalue weighted by Crippen LogP contribution is -2.42. The molecule has 0 spiro atoms. The highest BCUT2D eigenvalue weighted by atomic mass is 32.1. The van der Waals surface area contributed by atoms with Crippen LogP contribution in [0, 0.1) is 10.7 Å². The van der Waals surface area contributed by atoms with Gasteiger partial charge in [-0.1, -0.05) is 26.7 Å². The highest BCUT2D eigenvalue weighted by Crippen LogP contribution is 2.23. The van der Waals surface area contributed by atoms with Crippen molar-refractivity contribution in [2.24, 2.45) is 5.92 Å². The van der Waals surface area contributed by atoms with Gasteiger partial charge in [0.05, 0.1) is 0 Å². The van der Waals surface area contributed by atoms with Crippen LogP contribution in [0.3, 0.4) is 0 Å². The van der Waals surface area contributed by atoms with E-state index < -0.39 is 0 Å². The lowest BCUT2D eigenvalue weighted by atomic mass is 9.86. The van der Waals surface area contributed by atoms with Gasteiger partial charge in [-0.05, 0) is 37.4 Å². The Balaban J connectivity index is 1.97. The van der Waals surface area contributed by atoms with Crippen LogP contribution >= 0.6 is 12.2 Å². The number of rotatable bonds is 5. The molecule has 2 unspecified atom stereocenters. The number of amides is 1. The topological polar surface area (TPSA) is 62.7 Å². The summed E-state index contributed by atoms with van der Waals surface area (Å²) in [5.74, 6) is 1.48. The number of nitrogens with one attached hydrogen (secondary N) is 2. The van der Waals surface area contributed by atoms with Crippen molar-refractivity contribution in [1.82, 2.24) is 20.1 Å². The second-order valence-electron chi connectivity index (χ2n) is 5.72. The highest BCUT2D eigenvalue weighted by molar-refractivity contribution is 7.71. The molecule has 0 bridgehead atoms. The number of carbonyl (C=O) groups is 1. The molecule has 2 atom stereocenters. The van der Waals surface area contributed by atoms with E-state index in [-0.39, 0.29) is 12.5 Å². The number of hydrogen-bond acceptors (Lipinski definition) is 3. The summed E-state index contributed by atoms with van der Waals surface area (Å²) in [5, 5.41) is 10.1. The first kappa shape index (κ1) is 15.2. The second kappa shape index (κ2) is 7.02. The first-order valence-electron chi connectivity index (χ1n) is 7.55. The molecule has 0 saturated heterocycles. The van der Waals surface area contributed by atoms with Gasteiger partial charge in [-0.2, -0.15) is 5.10 Å². The van der Waals surface area contributed by atoms with Gasteiger partial charge in [0.25, 0.3) is 0 Å². The molecule has 1 heterocycles. The molecule has 1 fully saturated rings. The molecule has 1 amide bonds. The third-order valence-corrected chi connectivity index (χ3v) is 4.38. The molecule has 2 rings (SSSR count). The molecular weight excluding hydrogens is 272 g/mol. The molecule has 0 aromatic carbocycles. The summed E-state index contributed by atoms with van der Waals surface area (Å²) in [7, 11) is 0. The van der Waals surface area contributed by atoms with Gasteiger partial charge in [0, 0.05) is 12.5 Å². The maximum Gasteiger partial charge on any atom is 0.240 e. The van der Waals surface area contributed by atoms with Crippen LogP contribution in [0.2, 0.25) is 0 Å². The Labute approximate surface area is 125 Å². The van der Waals surface area contributed by atoms with E-state index in [2.05, 4.69) is 29.4 Å². The third-order valence-electron chi connectivity index (χ3n) is 4.07. The minimum absolute atomic E-state index is 0.0404. The number of aryl methyl sites for hydroxylation is 1. The molecular formula is C14H24N4OS. The van der Waals surface area contributed by atoms with Gasteiger partial charge < -0.3 is 5.32 Å². The van der Waals surface area contributed by atoms with E-state index in [0.717, 1.165) is 25.1 Å². The van der Waals surface area contributed by atoms with Gasteiger partial charge in [-0.15, -0.1) is 0 Å². The van der Waals surface area contributed by atoms with Crippen LogP contribution in [0.1, 0.15) is 51.8 Å². The Bertz CT molecular complexity index is 508. The van der Waals surface area contributed by atoms with Gasteiger partial charge in [-0.25, -0.2) is 0 Å². The monoisotopic (exact) mass is 296 g/mol. The van der Waals surface area contributed by atoms with Crippen molar-refractivity contribution in [3.05, 3.63) is 10.6 Å². The fraction of sp³-hybridized carbons (Fsp3) is 0.786. The fourth-order valence-electron chi connectivity index (χ4n) is 2.85. The zero-order valence-electron chi connectivity index (χ0n) is 12.3. The van der Waals surface area contributed by atoms with Crippen molar-refractivity contribution in [3.63, 3.8) is 0 Å². The van der Waals surface area contributed by atoms with Crippen molar-refractivity contribution in [2.75, 3.05) is 0 Å². The van der Waals surface area contributed by atoms with Gasteiger partial charge >= 0.3 is 0 Å². The van der Waals surface area contributed by atoms with E-state index in [1.807, 2.05) is 4.57 Å². The Morgan fingerprint density at radius 3 is 2.95 bits per heavy atom. The quantitative estimate of drug-likeness (QED) is 0.821. The van der Waals surface area contributed by atoms with E-state index in [1.54, 1.807) is 0 Å². The molecule has 0 radical (unpaired) electrons. The van der Waals surface area contributed by atoms with Crippen molar-refractivity contribution >= 4 is 18.1 Å². The average Bonchev–Trinajstić information content (AvgIpc) is 2.75. The number of H-pyrrole nitrogens is 1. The van der Waals surface area contributed by atoms with E-state index in [4.69, 9.17) is 12.2 Å². The van der Waals surface area contributed by atoms with Crippen molar-refractivity contribution in [3.8, 4) is 0 Å². The molecule has 1 aromatic heterocycles. The minimum atomic E-state index is 0.0404. The predicted molar refractivity (Wildman–Crippen MR) is 81.0 cm³/mol. The highest BCUT2D eigenvalue weighted by Gasteiger charge is 2.23. The molecule has 112 valence electrons. The Morgan fingerprint density at radius 2 is 2.25 bits per heavy atom. The zero-order chi connectivity index (χ0) is 14.5. The number of aromatic amines is 1. The third kappa shape index (κ3) is 3.69. The molecule has 1 aliphatic rings. The predicted octanol–water partition coefficient (Wildman–Crippen LogP) is 2.59. The Hall–Kier alpha value is -1.17. The van der Waals surface area contributed by atoms with Crippen LogP contribution in [0.4, 0.5) is 0 Å².